The van der Waals surface area contributed by atoms with Gasteiger partial charge in [0.2, 0.25) is 0 Å². The number of rotatable bonds is 3. The Morgan fingerprint density at radius 2 is 1.42 bits per heavy atom. The highest BCUT2D eigenvalue weighted by atomic mass is 14.7. The van der Waals surface area contributed by atoms with Crippen molar-refractivity contribution in [3.8, 4) is 0 Å². The molecule has 0 saturated heterocycles. The fourth-order valence-corrected chi connectivity index (χ4v) is 3.15. The number of hydrogen-bond donors (Lipinski definition) is 1. The van der Waals surface area contributed by atoms with Crippen LogP contribution in [0.15, 0.2) is 48.5 Å². The second-order valence-corrected chi connectivity index (χ2v) is 5.83. The van der Waals surface area contributed by atoms with Crippen LogP contribution in [0, 0.1) is 0 Å². The average Bonchev–Trinajstić information content (AvgIpc) is 2.75. The Hall–Kier alpha value is -1.60. The van der Waals surface area contributed by atoms with Crippen molar-refractivity contribution in [1.29, 1.82) is 0 Å². The minimum Gasteiger partial charge on any atom is -0.324 e. The molecule has 0 unspecified atom stereocenters. The first-order valence-corrected chi connectivity index (χ1v) is 7.12. The van der Waals surface area contributed by atoms with Crippen molar-refractivity contribution in [3.05, 3.63) is 70.8 Å². The molecule has 0 fully saturated rings. The van der Waals surface area contributed by atoms with E-state index in [0.29, 0.717) is 0 Å². The molecule has 0 radical (unpaired) electrons. The van der Waals surface area contributed by atoms with E-state index in [9.17, 15) is 0 Å². The van der Waals surface area contributed by atoms with Crippen LogP contribution in [0.2, 0.25) is 0 Å². The van der Waals surface area contributed by atoms with E-state index in [1.165, 1.54) is 22.3 Å². The molecule has 0 amide bonds. The Morgan fingerprint density at radius 3 is 1.95 bits per heavy atom. The summed E-state index contributed by atoms with van der Waals surface area (Å²) in [5.41, 5.74) is 12.1. The highest BCUT2D eigenvalue weighted by Gasteiger charge is 2.33. The monoisotopic (exact) mass is 251 g/mol. The summed E-state index contributed by atoms with van der Waals surface area (Å²) in [5.74, 6) is 0. The lowest BCUT2D eigenvalue weighted by Gasteiger charge is -2.23. The predicted molar refractivity (Wildman–Crippen MR) is 80.3 cm³/mol. The standard InChI is InChI=1S/C18H21N/c1-2-14-7-9-15(10-8-14)11-18(19)12-16-5-3-4-6-17(16)13-18/h3-10H,2,11-13,19H2,1H3. The molecule has 2 N–H and O–H groups in total. The molecule has 0 aromatic heterocycles. The second kappa shape index (κ2) is 4.82. The number of nitrogens with two attached hydrogens (primary N) is 1. The Balaban J connectivity index is 1.77. The molecular formula is C18H21N. The first-order chi connectivity index (χ1) is 9.18. The lowest BCUT2D eigenvalue weighted by Crippen LogP contribution is -2.42. The van der Waals surface area contributed by atoms with Crippen LogP contribution in [0.4, 0.5) is 0 Å². The first kappa shape index (κ1) is 12.4. The molecule has 0 atom stereocenters. The minimum absolute atomic E-state index is 0.0998. The maximum Gasteiger partial charge on any atom is 0.0276 e. The maximum atomic E-state index is 6.61. The Bertz CT molecular complexity index is 543. The van der Waals surface area contributed by atoms with Gasteiger partial charge in [-0.05, 0) is 47.9 Å². The molecule has 1 aliphatic rings. The van der Waals surface area contributed by atoms with Gasteiger partial charge < -0.3 is 5.73 Å². The van der Waals surface area contributed by atoms with Gasteiger partial charge in [0.1, 0.15) is 0 Å². The van der Waals surface area contributed by atoms with Crippen LogP contribution in [0.25, 0.3) is 0 Å². The van der Waals surface area contributed by atoms with E-state index in [2.05, 4.69) is 55.5 Å². The van der Waals surface area contributed by atoms with E-state index >= 15 is 0 Å². The van der Waals surface area contributed by atoms with Crippen LogP contribution in [0.5, 0.6) is 0 Å². The summed E-state index contributed by atoms with van der Waals surface area (Å²) >= 11 is 0. The molecule has 0 aliphatic heterocycles. The molecule has 98 valence electrons. The van der Waals surface area contributed by atoms with Gasteiger partial charge in [0.25, 0.3) is 0 Å². The highest BCUT2D eigenvalue weighted by molar-refractivity contribution is 5.37. The number of benzene rings is 2. The Labute approximate surface area is 115 Å². The average molecular weight is 251 g/mol. The van der Waals surface area contributed by atoms with Crippen LogP contribution in [0.1, 0.15) is 29.2 Å². The fraction of sp³-hybridized carbons (Fsp3) is 0.333. The van der Waals surface area contributed by atoms with E-state index in [4.69, 9.17) is 5.73 Å². The largest absolute Gasteiger partial charge is 0.324 e. The van der Waals surface area contributed by atoms with E-state index in [0.717, 1.165) is 25.7 Å². The molecule has 3 rings (SSSR count). The number of hydrogen-bond acceptors (Lipinski definition) is 1. The van der Waals surface area contributed by atoms with Crippen LogP contribution < -0.4 is 5.73 Å². The zero-order valence-corrected chi connectivity index (χ0v) is 11.5. The number of aryl methyl sites for hydroxylation is 1. The Kier molecular flexibility index (Phi) is 3.16. The molecule has 0 bridgehead atoms. The van der Waals surface area contributed by atoms with Crippen molar-refractivity contribution < 1.29 is 0 Å². The first-order valence-electron chi connectivity index (χ1n) is 7.12. The third-order valence-corrected chi connectivity index (χ3v) is 4.19. The maximum absolute atomic E-state index is 6.61. The second-order valence-electron chi connectivity index (χ2n) is 5.83. The van der Waals surface area contributed by atoms with Crippen molar-refractivity contribution in [2.24, 2.45) is 5.73 Å². The molecule has 0 spiro atoms. The quantitative estimate of drug-likeness (QED) is 0.890. The molecule has 1 nitrogen and oxygen atoms in total. The highest BCUT2D eigenvalue weighted by Crippen LogP contribution is 2.30. The van der Waals surface area contributed by atoms with E-state index < -0.39 is 0 Å². The molecule has 0 heterocycles. The van der Waals surface area contributed by atoms with Crippen LogP contribution >= 0.6 is 0 Å². The van der Waals surface area contributed by atoms with E-state index in [1.807, 2.05) is 0 Å². The van der Waals surface area contributed by atoms with Crippen molar-refractivity contribution in [3.63, 3.8) is 0 Å². The summed E-state index contributed by atoms with van der Waals surface area (Å²) in [6, 6.07) is 17.6. The topological polar surface area (TPSA) is 26.0 Å². The lowest BCUT2D eigenvalue weighted by atomic mass is 9.88. The van der Waals surface area contributed by atoms with Crippen LogP contribution in [0.3, 0.4) is 0 Å². The Morgan fingerprint density at radius 1 is 0.895 bits per heavy atom. The third-order valence-electron chi connectivity index (χ3n) is 4.19. The number of fused-ring (bicyclic) bond motifs is 1. The molecule has 1 aliphatic carbocycles. The van der Waals surface area contributed by atoms with E-state index in [-0.39, 0.29) is 5.54 Å². The van der Waals surface area contributed by atoms with Gasteiger partial charge in [-0.3, -0.25) is 0 Å². The van der Waals surface area contributed by atoms with Gasteiger partial charge in [0.05, 0.1) is 0 Å². The molecule has 19 heavy (non-hydrogen) atoms. The summed E-state index contributed by atoms with van der Waals surface area (Å²) in [7, 11) is 0. The van der Waals surface area contributed by atoms with Crippen molar-refractivity contribution in [1.82, 2.24) is 0 Å². The minimum atomic E-state index is -0.0998. The third kappa shape index (κ3) is 2.57. The zero-order valence-electron chi connectivity index (χ0n) is 11.5. The molecular weight excluding hydrogens is 230 g/mol. The summed E-state index contributed by atoms with van der Waals surface area (Å²) in [6.45, 7) is 2.19. The van der Waals surface area contributed by atoms with Crippen molar-refractivity contribution >= 4 is 0 Å². The summed E-state index contributed by atoms with van der Waals surface area (Å²) in [6.07, 6.45) is 4.06. The fourth-order valence-electron chi connectivity index (χ4n) is 3.15. The predicted octanol–water partition coefficient (Wildman–Crippen LogP) is 3.29. The molecule has 1 heteroatoms. The summed E-state index contributed by atoms with van der Waals surface area (Å²) in [4.78, 5) is 0. The van der Waals surface area contributed by atoms with Gasteiger partial charge in [0.15, 0.2) is 0 Å². The summed E-state index contributed by atoms with van der Waals surface area (Å²) in [5, 5.41) is 0. The van der Waals surface area contributed by atoms with Crippen molar-refractivity contribution in [2.45, 2.75) is 38.1 Å². The van der Waals surface area contributed by atoms with Gasteiger partial charge in [-0.2, -0.15) is 0 Å². The van der Waals surface area contributed by atoms with Gasteiger partial charge >= 0.3 is 0 Å². The normalized spacial score (nSPS) is 16.3. The van der Waals surface area contributed by atoms with Crippen molar-refractivity contribution in [2.75, 3.05) is 0 Å². The molecule has 0 saturated carbocycles. The van der Waals surface area contributed by atoms with Gasteiger partial charge in [-0.1, -0.05) is 55.5 Å². The van der Waals surface area contributed by atoms with Crippen LogP contribution in [-0.2, 0) is 25.7 Å². The van der Waals surface area contributed by atoms with Crippen LogP contribution in [-0.4, -0.2) is 5.54 Å². The molecule has 2 aromatic carbocycles. The van der Waals surface area contributed by atoms with E-state index in [1.54, 1.807) is 0 Å². The van der Waals surface area contributed by atoms with Gasteiger partial charge in [0, 0.05) is 5.54 Å². The summed E-state index contributed by atoms with van der Waals surface area (Å²) < 4.78 is 0. The molecule has 2 aromatic rings. The SMILES string of the molecule is CCc1ccc(CC2(N)Cc3ccccc3C2)cc1. The smallest absolute Gasteiger partial charge is 0.0276 e. The lowest BCUT2D eigenvalue weighted by molar-refractivity contribution is 0.446. The zero-order chi connectivity index (χ0) is 13.3. The van der Waals surface area contributed by atoms with Gasteiger partial charge in [-0.15, -0.1) is 0 Å². The van der Waals surface area contributed by atoms with Gasteiger partial charge in [-0.25, -0.2) is 0 Å².